The Morgan fingerprint density at radius 2 is 2.06 bits per heavy atom. The Morgan fingerprint density at radius 1 is 1.38 bits per heavy atom. The molecule has 0 spiro atoms. The molecule has 16 heavy (non-hydrogen) atoms. The van der Waals surface area contributed by atoms with Crippen LogP contribution in [-0.2, 0) is 11.2 Å². The van der Waals surface area contributed by atoms with Crippen LogP contribution in [0.2, 0.25) is 0 Å². The first-order valence-corrected chi connectivity index (χ1v) is 4.09. The molecule has 0 atom stereocenters. The third-order valence-corrected chi connectivity index (χ3v) is 1.40. The van der Waals surface area contributed by atoms with Gasteiger partial charge in [0.15, 0.2) is 6.61 Å². The molecule has 0 unspecified atom stereocenters. The summed E-state index contributed by atoms with van der Waals surface area (Å²) in [6.45, 7) is -1.46. The van der Waals surface area contributed by atoms with E-state index in [1.165, 1.54) is 0 Å². The van der Waals surface area contributed by atoms with E-state index in [0.29, 0.717) is 0 Å². The topological polar surface area (TPSA) is 72.3 Å². The van der Waals surface area contributed by atoms with E-state index < -0.39 is 18.8 Å². The number of hydrogen-bond donors (Lipinski definition) is 1. The number of alkyl halides is 3. The first-order chi connectivity index (χ1) is 7.37. The molecule has 0 aliphatic carbocycles. The van der Waals surface area contributed by atoms with Crippen LogP contribution in [0.15, 0.2) is 12.4 Å². The van der Waals surface area contributed by atoms with Crippen LogP contribution in [-0.4, -0.2) is 33.8 Å². The Hall–Kier alpha value is -1.86. The molecule has 0 amide bonds. The van der Waals surface area contributed by atoms with Crippen molar-refractivity contribution in [1.29, 1.82) is 0 Å². The summed E-state index contributed by atoms with van der Waals surface area (Å²) in [6, 6.07) is 0. The van der Waals surface area contributed by atoms with Gasteiger partial charge in [-0.15, -0.1) is 0 Å². The van der Waals surface area contributed by atoms with Crippen LogP contribution >= 0.6 is 0 Å². The molecule has 88 valence electrons. The molecule has 0 radical (unpaired) electrons. The van der Waals surface area contributed by atoms with Crippen molar-refractivity contribution in [3.05, 3.63) is 18.1 Å². The van der Waals surface area contributed by atoms with E-state index in [2.05, 4.69) is 14.7 Å². The van der Waals surface area contributed by atoms with E-state index >= 15 is 0 Å². The summed E-state index contributed by atoms with van der Waals surface area (Å²) >= 11 is 0. The molecule has 0 saturated heterocycles. The third-order valence-electron chi connectivity index (χ3n) is 1.40. The zero-order valence-electron chi connectivity index (χ0n) is 7.86. The Morgan fingerprint density at radius 3 is 2.50 bits per heavy atom. The summed E-state index contributed by atoms with van der Waals surface area (Å²) in [4.78, 5) is 17.3. The van der Waals surface area contributed by atoms with E-state index in [0.717, 1.165) is 12.4 Å². The number of carboxylic acids is 1. The molecule has 0 aliphatic rings. The van der Waals surface area contributed by atoms with Gasteiger partial charge in [0.05, 0.1) is 24.5 Å². The van der Waals surface area contributed by atoms with Crippen molar-refractivity contribution in [2.45, 2.75) is 12.6 Å². The lowest BCUT2D eigenvalue weighted by Gasteiger charge is -2.07. The smallest absolute Gasteiger partial charge is 0.422 e. The molecular formula is C8H7F3N2O3. The van der Waals surface area contributed by atoms with Gasteiger partial charge in [0.2, 0.25) is 5.88 Å². The Balaban J connectivity index is 2.55. The maximum Gasteiger partial charge on any atom is 0.422 e. The average molecular weight is 236 g/mol. The lowest BCUT2D eigenvalue weighted by molar-refractivity contribution is -0.154. The Labute approximate surface area is 87.9 Å². The van der Waals surface area contributed by atoms with Gasteiger partial charge in [-0.25, -0.2) is 4.98 Å². The van der Waals surface area contributed by atoms with Crippen LogP contribution in [0.3, 0.4) is 0 Å². The highest BCUT2D eigenvalue weighted by molar-refractivity contribution is 5.69. The van der Waals surface area contributed by atoms with Gasteiger partial charge in [-0.05, 0) is 0 Å². The van der Waals surface area contributed by atoms with E-state index in [-0.39, 0.29) is 18.0 Å². The van der Waals surface area contributed by atoms with Crippen LogP contribution in [0, 0.1) is 0 Å². The summed E-state index contributed by atoms with van der Waals surface area (Å²) in [5.74, 6) is -1.40. The van der Waals surface area contributed by atoms with Crippen LogP contribution < -0.4 is 4.74 Å². The van der Waals surface area contributed by atoms with E-state index in [1.54, 1.807) is 0 Å². The number of ether oxygens (including phenoxy) is 1. The first-order valence-electron chi connectivity index (χ1n) is 4.09. The summed E-state index contributed by atoms with van der Waals surface area (Å²) < 4.78 is 39.5. The minimum absolute atomic E-state index is 0.145. The average Bonchev–Trinajstić information content (AvgIpc) is 2.14. The lowest BCUT2D eigenvalue weighted by Crippen LogP contribution is -2.19. The number of carboxylic acid groups (broad SMARTS) is 1. The van der Waals surface area contributed by atoms with Crippen LogP contribution in [0.5, 0.6) is 5.88 Å². The summed E-state index contributed by atoms with van der Waals surface area (Å²) in [6.07, 6.45) is -2.78. The normalized spacial score (nSPS) is 11.2. The molecule has 5 nitrogen and oxygen atoms in total. The highest BCUT2D eigenvalue weighted by Gasteiger charge is 2.28. The van der Waals surface area contributed by atoms with Crippen LogP contribution in [0.1, 0.15) is 5.69 Å². The molecule has 1 aromatic heterocycles. The summed E-state index contributed by atoms with van der Waals surface area (Å²) in [5.41, 5.74) is 0.145. The fourth-order valence-corrected chi connectivity index (χ4v) is 0.819. The number of nitrogens with zero attached hydrogens (tertiary/aromatic N) is 2. The predicted molar refractivity (Wildman–Crippen MR) is 44.9 cm³/mol. The molecule has 1 aromatic rings. The van der Waals surface area contributed by atoms with Gasteiger partial charge in [0, 0.05) is 0 Å². The lowest BCUT2D eigenvalue weighted by atomic mass is 10.3. The van der Waals surface area contributed by atoms with Crippen molar-refractivity contribution in [3.63, 3.8) is 0 Å². The van der Waals surface area contributed by atoms with Crippen molar-refractivity contribution in [1.82, 2.24) is 9.97 Å². The largest absolute Gasteiger partial charge is 0.481 e. The van der Waals surface area contributed by atoms with Gasteiger partial charge in [0.1, 0.15) is 0 Å². The van der Waals surface area contributed by atoms with Gasteiger partial charge in [-0.2, -0.15) is 13.2 Å². The number of rotatable bonds is 4. The molecule has 0 saturated carbocycles. The molecule has 0 fully saturated rings. The van der Waals surface area contributed by atoms with Gasteiger partial charge in [0.25, 0.3) is 0 Å². The van der Waals surface area contributed by atoms with Crippen molar-refractivity contribution in [2.75, 3.05) is 6.61 Å². The summed E-state index contributed by atoms with van der Waals surface area (Å²) in [5, 5.41) is 8.40. The first kappa shape index (κ1) is 12.2. The number of aliphatic carboxylic acids is 1. The fraction of sp³-hybridized carbons (Fsp3) is 0.375. The monoisotopic (exact) mass is 236 g/mol. The minimum Gasteiger partial charge on any atom is -0.481 e. The SMILES string of the molecule is O=C(O)Cc1cnc(OCC(F)(F)F)cn1. The fourth-order valence-electron chi connectivity index (χ4n) is 0.819. The van der Waals surface area contributed by atoms with Crippen molar-refractivity contribution in [2.24, 2.45) is 0 Å². The second-order valence-electron chi connectivity index (χ2n) is 2.82. The Bertz CT molecular complexity index is 364. The van der Waals surface area contributed by atoms with Gasteiger partial charge in [-0.3, -0.25) is 9.78 Å². The van der Waals surface area contributed by atoms with E-state index in [9.17, 15) is 18.0 Å². The quantitative estimate of drug-likeness (QED) is 0.845. The van der Waals surface area contributed by atoms with E-state index in [1.807, 2.05) is 0 Å². The second kappa shape index (κ2) is 4.77. The van der Waals surface area contributed by atoms with Crippen molar-refractivity contribution >= 4 is 5.97 Å². The van der Waals surface area contributed by atoms with E-state index in [4.69, 9.17) is 5.11 Å². The summed E-state index contributed by atoms with van der Waals surface area (Å²) in [7, 11) is 0. The van der Waals surface area contributed by atoms with Crippen molar-refractivity contribution < 1.29 is 27.8 Å². The molecule has 1 N–H and O–H groups in total. The number of aromatic nitrogens is 2. The van der Waals surface area contributed by atoms with Crippen molar-refractivity contribution in [3.8, 4) is 5.88 Å². The standard InChI is InChI=1S/C8H7F3N2O3/c9-8(10,11)4-16-6-3-12-5(2-13-6)1-7(14)15/h2-3H,1,4H2,(H,14,15). The van der Waals surface area contributed by atoms with Gasteiger partial charge in [-0.1, -0.05) is 0 Å². The molecule has 1 heterocycles. The molecule has 0 bridgehead atoms. The molecule has 1 rings (SSSR count). The maximum absolute atomic E-state index is 11.7. The zero-order chi connectivity index (χ0) is 12.2. The number of carbonyl (C=O) groups is 1. The van der Waals surface area contributed by atoms with Crippen LogP contribution in [0.25, 0.3) is 0 Å². The molecule has 0 aromatic carbocycles. The predicted octanol–water partition coefficient (Wildman–Crippen LogP) is 1.04. The second-order valence-corrected chi connectivity index (χ2v) is 2.82. The highest BCUT2D eigenvalue weighted by Crippen LogP contribution is 2.16. The maximum atomic E-state index is 11.7. The number of hydrogen-bond acceptors (Lipinski definition) is 4. The highest BCUT2D eigenvalue weighted by atomic mass is 19.4. The zero-order valence-corrected chi connectivity index (χ0v) is 7.86. The van der Waals surface area contributed by atoms with Crippen LogP contribution in [0.4, 0.5) is 13.2 Å². The third kappa shape index (κ3) is 4.58. The molecular weight excluding hydrogens is 229 g/mol. The minimum atomic E-state index is -4.44. The molecule has 0 aliphatic heterocycles. The Kier molecular flexibility index (Phi) is 3.64. The van der Waals surface area contributed by atoms with Gasteiger partial charge < -0.3 is 9.84 Å². The number of halogens is 3. The van der Waals surface area contributed by atoms with Gasteiger partial charge >= 0.3 is 12.1 Å². The molecule has 8 heteroatoms.